The molecule has 0 radical (unpaired) electrons. The van der Waals surface area contributed by atoms with Crippen LogP contribution >= 0.6 is 0 Å². The van der Waals surface area contributed by atoms with Crippen molar-refractivity contribution in [3.05, 3.63) is 36.1 Å². The first kappa shape index (κ1) is 11.3. The number of furan rings is 1. The number of benzene rings is 1. The van der Waals surface area contributed by atoms with Crippen molar-refractivity contribution in [1.82, 2.24) is 4.90 Å². The van der Waals surface area contributed by atoms with Crippen molar-refractivity contribution in [3.63, 3.8) is 0 Å². The van der Waals surface area contributed by atoms with E-state index >= 15 is 0 Å². The summed E-state index contributed by atoms with van der Waals surface area (Å²) in [5.74, 6) is -0.0701. The summed E-state index contributed by atoms with van der Waals surface area (Å²) in [7, 11) is 0. The van der Waals surface area contributed by atoms with Crippen LogP contribution in [-0.2, 0) is 0 Å². The Balaban J connectivity index is 1.88. The summed E-state index contributed by atoms with van der Waals surface area (Å²) in [4.78, 5) is 13.5. The topological polar surface area (TPSA) is 73.9 Å². The molecule has 1 aliphatic rings. The molecule has 1 amide bonds. The molecular formula is C13H13NO4. The lowest BCUT2D eigenvalue weighted by Gasteiger charge is -2.12. The van der Waals surface area contributed by atoms with Gasteiger partial charge in [0.25, 0.3) is 5.91 Å². The lowest BCUT2D eigenvalue weighted by molar-refractivity contribution is 0.0572. The van der Waals surface area contributed by atoms with Crippen LogP contribution in [0.2, 0.25) is 0 Å². The van der Waals surface area contributed by atoms with E-state index in [2.05, 4.69) is 0 Å². The van der Waals surface area contributed by atoms with Crippen LogP contribution < -0.4 is 0 Å². The molecule has 5 heteroatoms. The molecule has 1 aromatic heterocycles. The molecule has 18 heavy (non-hydrogen) atoms. The fourth-order valence-corrected chi connectivity index (χ4v) is 2.18. The van der Waals surface area contributed by atoms with E-state index < -0.39 is 12.2 Å². The van der Waals surface area contributed by atoms with Crippen molar-refractivity contribution in [2.75, 3.05) is 13.1 Å². The highest BCUT2D eigenvalue weighted by atomic mass is 16.4. The largest absolute Gasteiger partial charge is 0.451 e. The van der Waals surface area contributed by atoms with Crippen LogP contribution in [0.1, 0.15) is 10.6 Å². The molecular weight excluding hydrogens is 234 g/mol. The second-order valence-electron chi connectivity index (χ2n) is 4.49. The maximum atomic E-state index is 12.1. The summed E-state index contributed by atoms with van der Waals surface area (Å²) in [6.07, 6.45) is -1.75. The van der Waals surface area contributed by atoms with Gasteiger partial charge >= 0.3 is 0 Å². The SMILES string of the molecule is O=C(c1cc2ccccc2o1)N1C[C@@H](O)[C@@H](O)C1. The molecule has 1 aliphatic heterocycles. The number of carbonyl (C=O) groups excluding carboxylic acids is 1. The third-order valence-electron chi connectivity index (χ3n) is 3.18. The molecule has 2 aromatic rings. The van der Waals surface area contributed by atoms with E-state index in [0.717, 1.165) is 5.39 Å². The zero-order valence-corrected chi connectivity index (χ0v) is 9.61. The van der Waals surface area contributed by atoms with Crippen LogP contribution in [0.15, 0.2) is 34.7 Å². The number of carbonyl (C=O) groups is 1. The maximum absolute atomic E-state index is 12.1. The molecule has 1 aromatic carbocycles. The quantitative estimate of drug-likeness (QED) is 0.774. The number of hydrogen-bond acceptors (Lipinski definition) is 4. The fraction of sp³-hybridized carbons (Fsp3) is 0.308. The Hall–Kier alpha value is -1.85. The molecule has 3 rings (SSSR count). The molecule has 5 nitrogen and oxygen atoms in total. The first-order valence-electron chi connectivity index (χ1n) is 5.79. The van der Waals surface area contributed by atoms with Gasteiger partial charge in [0.1, 0.15) is 5.58 Å². The zero-order chi connectivity index (χ0) is 12.7. The summed E-state index contributed by atoms with van der Waals surface area (Å²) in [5, 5.41) is 19.7. The van der Waals surface area contributed by atoms with Gasteiger partial charge in [-0.3, -0.25) is 4.79 Å². The fourth-order valence-electron chi connectivity index (χ4n) is 2.18. The number of aliphatic hydroxyl groups is 2. The Morgan fingerprint density at radius 3 is 2.56 bits per heavy atom. The lowest BCUT2D eigenvalue weighted by atomic mass is 10.2. The molecule has 94 valence electrons. The monoisotopic (exact) mass is 247 g/mol. The molecule has 1 saturated heterocycles. The third-order valence-corrected chi connectivity index (χ3v) is 3.18. The molecule has 2 atom stereocenters. The van der Waals surface area contributed by atoms with Gasteiger partial charge in [-0.15, -0.1) is 0 Å². The second kappa shape index (κ2) is 4.12. The average Bonchev–Trinajstić information content (AvgIpc) is 2.93. The van der Waals surface area contributed by atoms with Gasteiger partial charge in [0.2, 0.25) is 0 Å². The molecule has 0 spiro atoms. The van der Waals surface area contributed by atoms with Gasteiger partial charge in [0, 0.05) is 18.5 Å². The van der Waals surface area contributed by atoms with Gasteiger partial charge in [-0.05, 0) is 12.1 Å². The second-order valence-corrected chi connectivity index (χ2v) is 4.49. The van der Waals surface area contributed by atoms with Crippen LogP contribution in [0, 0.1) is 0 Å². The Morgan fingerprint density at radius 1 is 1.22 bits per heavy atom. The van der Waals surface area contributed by atoms with Gasteiger partial charge in [-0.2, -0.15) is 0 Å². The van der Waals surface area contributed by atoms with Crippen LogP contribution in [-0.4, -0.2) is 46.3 Å². The highest BCUT2D eigenvalue weighted by molar-refractivity contribution is 5.96. The van der Waals surface area contributed by atoms with Gasteiger partial charge in [0.15, 0.2) is 5.76 Å². The maximum Gasteiger partial charge on any atom is 0.289 e. The number of rotatable bonds is 1. The van der Waals surface area contributed by atoms with Crippen molar-refractivity contribution in [2.24, 2.45) is 0 Å². The predicted molar refractivity (Wildman–Crippen MR) is 64.1 cm³/mol. The number of β-amino-alcohol motifs (C(OH)–C–C–N with tert-alkyl or cyclic N) is 2. The molecule has 0 unspecified atom stereocenters. The molecule has 1 fully saturated rings. The van der Waals surface area contributed by atoms with Crippen molar-refractivity contribution in [3.8, 4) is 0 Å². The number of aliphatic hydroxyl groups excluding tert-OH is 2. The molecule has 2 heterocycles. The highest BCUT2D eigenvalue weighted by Crippen LogP contribution is 2.21. The Morgan fingerprint density at radius 2 is 1.89 bits per heavy atom. The first-order valence-corrected chi connectivity index (χ1v) is 5.79. The van der Waals surface area contributed by atoms with Gasteiger partial charge in [-0.1, -0.05) is 18.2 Å². The number of likely N-dealkylation sites (tertiary alicyclic amines) is 1. The minimum Gasteiger partial charge on any atom is -0.451 e. The minimum atomic E-state index is -0.877. The Labute approximate surface area is 103 Å². The van der Waals surface area contributed by atoms with Crippen LogP contribution in [0.5, 0.6) is 0 Å². The third kappa shape index (κ3) is 1.77. The van der Waals surface area contributed by atoms with Crippen LogP contribution in [0.25, 0.3) is 11.0 Å². The van der Waals surface area contributed by atoms with Crippen molar-refractivity contribution in [1.29, 1.82) is 0 Å². The van der Waals surface area contributed by atoms with E-state index in [0.29, 0.717) is 5.58 Å². The minimum absolute atomic E-state index is 0.136. The normalized spacial score (nSPS) is 23.8. The lowest BCUT2D eigenvalue weighted by Crippen LogP contribution is -2.29. The smallest absolute Gasteiger partial charge is 0.289 e. The van der Waals surface area contributed by atoms with E-state index in [9.17, 15) is 15.0 Å². The van der Waals surface area contributed by atoms with Gasteiger partial charge < -0.3 is 19.5 Å². The van der Waals surface area contributed by atoms with E-state index in [4.69, 9.17) is 4.42 Å². The Kier molecular flexibility index (Phi) is 2.57. The molecule has 2 N–H and O–H groups in total. The van der Waals surface area contributed by atoms with Crippen molar-refractivity contribution < 1.29 is 19.4 Å². The number of fused-ring (bicyclic) bond motifs is 1. The zero-order valence-electron chi connectivity index (χ0n) is 9.61. The highest BCUT2D eigenvalue weighted by Gasteiger charge is 2.34. The van der Waals surface area contributed by atoms with E-state index in [1.54, 1.807) is 12.1 Å². The van der Waals surface area contributed by atoms with E-state index in [1.165, 1.54) is 4.90 Å². The number of para-hydroxylation sites is 1. The summed E-state index contributed by atoms with van der Waals surface area (Å²) < 4.78 is 5.46. The molecule has 0 saturated carbocycles. The van der Waals surface area contributed by atoms with Crippen molar-refractivity contribution in [2.45, 2.75) is 12.2 Å². The Bertz CT molecular complexity index is 548. The number of hydrogen-bond donors (Lipinski definition) is 2. The van der Waals surface area contributed by atoms with Gasteiger partial charge in [0.05, 0.1) is 12.2 Å². The standard InChI is InChI=1S/C13H13NO4/c15-9-6-14(7-10(9)16)13(17)12-5-8-3-1-2-4-11(8)18-12/h1-5,9-10,15-16H,6-7H2/t9-,10+. The van der Waals surface area contributed by atoms with Crippen LogP contribution in [0.3, 0.4) is 0 Å². The summed E-state index contributed by atoms with van der Waals surface area (Å²) in [6, 6.07) is 9.04. The predicted octanol–water partition coefficient (Wildman–Crippen LogP) is 0.610. The molecule has 0 aliphatic carbocycles. The van der Waals surface area contributed by atoms with Gasteiger partial charge in [-0.25, -0.2) is 0 Å². The summed E-state index contributed by atoms with van der Waals surface area (Å²) in [6.45, 7) is 0.272. The summed E-state index contributed by atoms with van der Waals surface area (Å²) >= 11 is 0. The number of amides is 1. The summed E-state index contributed by atoms with van der Waals surface area (Å²) in [5.41, 5.74) is 0.654. The van der Waals surface area contributed by atoms with E-state index in [1.807, 2.05) is 18.2 Å². The molecule has 0 bridgehead atoms. The van der Waals surface area contributed by atoms with Crippen LogP contribution in [0.4, 0.5) is 0 Å². The average molecular weight is 247 g/mol. The van der Waals surface area contributed by atoms with E-state index in [-0.39, 0.29) is 24.8 Å². The van der Waals surface area contributed by atoms with Crippen molar-refractivity contribution >= 4 is 16.9 Å². The number of nitrogens with zero attached hydrogens (tertiary/aromatic N) is 1. The first-order chi connectivity index (χ1) is 8.65.